The smallest absolute Gasteiger partial charge is 0.151 e. The van der Waals surface area contributed by atoms with Crippen molar-refractivity contribution in [2.24, 2.45) is 0 Å². The summed E-state index contributed by atoms with van der Waals surface area (Å²) < 4.78 is 0.272. The van der Waals surface area contributed by atoms with Crippen LogP contribution in [0.2, 0.25) is 5.02 Å². The quantitative estimate of drug-likeness (QED) is 0.767. The second kappa shape index (κ2) is 4.91. The summed E-state index contributed by atoms with van der Waals surface area (Å²) in [6, 6.07) is 5.65. The second-order valence-electron chi connectivity index (χ2n) is 4.85. The van der Waals surface area contributed by atoms with Crippen LogP contribution in [0.5, 0.6) is 0 Å². The minimum atomic E-state index is 0.272. The predicted molar refractivity (Wildman–Crippen MR) is 75.6 cm³/mol. The Labute approximate surface area is 111 Å². The van der Waals surface area contributed by atoms with Crippen molar-refractivity contribution in [2.45, 2.75) is 18.6 Å². The molecule has 0 unspecified atom stereocenters. The number of thioether (sulfide) groups is 1. The molecule has 0 spiro atoms. The van der Waals surface area contributed by atoms with E-state index in [1.807, 2.05) is 23.9 Å². The van der Waals surface area contributed by atoms with E-state index in [0.29, 0.717) is 10.6 Å². The SMILES string of the molecule is CC1(C)CN(c2ccc(C=O)c(Cl)c2)CCS1. The van der Waals surface area contributed by atoms with Gasteiger partial charge < -0.3 is 4.90 Å². The predicted octanol–water partition coefficient (Wildman–Crippen LogP) is 3.48. The molecule has 1 aromatic rings. The Bertz CT molecular complexity index is 433. The van der Waals surface area contributed by atoms with E-state index < -0.39 is 0 Å². The maximum absolute atomic E-state index is 10.7. The van der Waals surface area contributed by atoms with Crippen molar-refractivity contribution in [3.05, 3.63) is 28.8 Å². The summed E-state index contributed by atoms with van der Waals surface area (Å²) in [5.41, 5.74) is 1.66. The number of rotatable bonds is 2. The minimum Gasteiger partial charge on any atom is -0.369 e. The number of anilines is 1. The molecule has 2 nitrogen and oxygen atoms in total. The van der Waals surface area contributed by atoms with Crippen LogP contribution < -0.4 is 4.90 Å². The second-order valence-corrected chi connectivity index (χ2v) is 7.06. The highest BCUT2D eigenvalue weighted by atomic mass is 35.5. The van der Waals surface area contributed by atoms with Crippen LogP contribution in [0.25, 0.3) is 0 Å². The van der Waals surface area contributed by atoms with Crippen molar-refractivity contribution in [1.82, 2.24) is 0 Å². The van der Waals surface area contributed by atoms with Crippen LogP contribution in [-0.4, -0.2) is 29.9 Å². The number of hydrogen-bond acceptors (Lipinski definition) is 3. The molecule has 0 N–H and O–H groups in total. The Balaban J connectivity index is 2.22. The van der Waals surface area contributed by atoms with E-state index in [-0.39, 0.29) is 4.75 Å². The van der Waals surface area contributed by atoms with Crippen molar-refractivity contribution < 1.29 is 4.79 Å². The first-order chi connectivity index (χ1) is 8.02. The van der Waals surface area contributed by atoms with Crippen LogP contribution in [0.15, 0.2) is 18.2 Å². The molecule has 0 amide bonds. The lowest BCUT2D eigenvalue weighted by atomic mass is 10.1. The third-order valence-electron chi connectivity index (χ3n) is 2.90. The molecule has 4 heteroatoms. The van der Waals surface area contributed by atoms with Crippen molar-refractivity contribution in [3.8, 4) is 0 Å². The number of nitrogens with zero attached hydrogens (tertiary/aromatic N) is 1. The number of carbonyl (C=O) groups excluding carboxylic acids is 1. The van der Waals surface area contributed by atoms with E-state index in [1.165, 1.54) is 0 Å². The molecule has 1 aromatic carbocycles. The summed E-state index contributed by atoms with van der Waals surface area (Å²) in [4.78, 5) is 13.0. The van der Waals surface area contributed by atoms with Gasteiger partial charge >= 0.3 is 0 Å². The minimum absolute atomic E-state index is 0.272. The monoisotopic (exact) mass is 269 g/mol. The Kier molecular flexibility index (Phi) is 3.69. The van der Waals surface area contributed by atoms with E-state index in [0.717, 1.165) is 30.8 Å². The average molecular weight is 270 g/mol. The zero-order chi connectivity index (χ0) is 12.5. The van der Waals surface area contributed by atoms with Crippen molar-refractivity contribution in [3.63, 3.8) is 0 Å². The van der Waals surface area contributed by atoms with Gasteiger partial charge in [-0.3, -0.25) is 4.79 Å². The van der Waals surface area contributed by atoms with Gasteiger partial charge in [0.15, 0.2) is 6.29 Å². The summed E-state index contributed by atoms with van der Waals surface area (Å²) in [6.07, 6.45) is 0.794. The molecular weight excluding hydrogens is 254 g/mol. The molecule has 1 fully saturated rings. The summed E-state index contributed by atoms with van der Waals surface area (Å²) >= 11 is 8.06. The molecule has 1 aliphatic rings. The first kappa shape index (κ1) is 12.8. The Hall–Kier alpha value is -0.670. The molecule has 92 valence electrons. The number of hydrogen-bond donors (Lipinski definition) is 0. The van der Waals surface area contributed by atoms with E-state index in [4.69, 9.17) is 11.6 Å². The molecule has 17 heavy (non-hydrogen) atoms. The summed E-state index contributed by atoms with van der Waals surface area (Å²) in [5.74, 6) is 1.13. The summed E-state index contributed by atoms with van der Waals surface area (Å²) in [6.45, 7) is 6.55. The van der Waals surface area contributed by atoms with Crippen molar-refractivity contribution in [1.29, 1.82) is 0 Å². The van der Waals surface area contributed by atoms with E-state index in [2.05, 4.69) is 18.7 Å². The van der Waals surface area contributed by atoms with Gasteiger partial charge in [0.2, 0.25) is 0 Å². The molecule has 1 heterocycles. The average Bonchev–Trinajstić information content (AvgIpc) is 2.27. The molecule has 0 radical (unpaired) electrons. The van der Waals surface area contributed by atoms with Gasteiger partial charge in [0.1, 0.15) is 0 Å². The van der Waals surface area contributed by atoms with Crippen molar-refractivity contribution in [2.75, 3.05) is 23.7 Å². The van der Waals surface area contributed by atoms with Gasteiger partial charge in [0.25, 0.3) is 0 Å². The van der Waals surface area contributed by atoms with E-state index in [9.17, 15) is 4.79 Å². The van der Waals surface area contributed by atoms with E-state index in [1.54, 1.807) is 6.07 Å². The Morgan fingerprint density at radius 3 is 2.82 bits per heavy atom. The maximum atomic E-state index is 10.7. The zero-order valence-corrected chi connectivity index (χ0v) is 11.6. The normalized spacial score (nSPS) is 19.1. The first-order valence-electron chi connectivity index (χ1n) is 5.65. The third kappa shape index (κ3) is 2.96. The topological polar surface area (TPSA) is 20.3 Å². The fraction of sp³-hybridized carbons (Fsp3) is 0.462. The molecule has 1 saturated heterocycles. The van der Waals surface area contributed by atoms with Gasteiger partial charge in [0.05, 0.1) is 5.02 Å². The van der Waals surface area contributed by atoms with Gasteiger partial charge in [-0.15, -0.1) is 0 Å². The summed E-state index contributed by atoms with van der Waals surface area (Å²) in [5, 5.41) is 0.536. The highest BCUT2D eigenvalue weighted by Gasteiger charge is 2.27. The third-order valence-corrected chi connectivity index (χ3v) is 4.53. The lowest BCUT2D eigenvalue weighted by Gasteiger charge is -2.39. The van der Waals surface area contributed by atoms with Crippen molar-refractivity contribution >= 4 is 35.3 Å². The molecule has 0 bridgehead atoms. The molecule has 0 aromatic heterocycles. The lowest BCUT2D eigenvalue weighted by Crippen LogP contribution is -2.43. The molecule has 0 aliphatic carbocycles. The number of carbonyl (C=O) groups is 1. The Morgan fingerprint density at radius 1 is 1.47 bits per heavy atom. The number of aldehydes is 1. The van der Waals surface area contributed by atoms with Crippen LogP contribution in [0.1, 0.15) is 24.2 Å². The fourth-order valence-electron chi connectivity index (χ4n) is 2.05. The largest absolute Gasteiger partial charge is 0.369 e. The van der Waals surface area contributed by atoms with Crippen LogP contribution >= 0.6 is 23.4 Å². The van der Waals surface area contributed by atoms with Gasteiger partial charge in [-0.2, -0.15) is 11.8 Å². The molecule has 0 saturated carbocycles. The number of benzene rings is 1. The highest BCUT2D eigenvalue weighted by molar-refractivity contribution is 8.00. The fourth-order valence-corrected chi connectivity index (χ4v) is 3.38. The van der Waals surface area contributed by atoms with Crippen LogP contribution in [0.4, 0.5) is 5.69 Å². The summed E-state index contributed by atoms with van der Waals surface area (Å²) in [7, 11) is 0. The van der Waals surface area contributed by atoms with Crippen LogP contribution in [0, 0.1) is 0 Å². The van der Waals surface area contributed by atoms with Gasteiger partial charge in [0, 0.05) is 34.8 Å². The van der Waals surface area contributed by atoms with Crippen LogP contribution in [0.3, 0.4) is 0 Å². The maximum Gasteiger partial charge on any atom is 0.151 e. The number of halogens is 1. The molecule has 0 atom stereocenters. The van der Waals surface area contributed by atoms with Crippen LogP contribution in [-0.2, 0) is 0 Å². The standard InChI is InChI=1S/C13H16ClNOS/c1-13(2)9-15(5-6-17-13)11-4-3-10(8-16)12(14)7-11/h3-4,7-8H,5-6,9H2,1-2H3. The lowest BCUT2D eigenvalue weighted by molar-refractivity contribution is 0.112. The van der Waals surface area contributed by atoms with Gasteiger partial charge in [-0.25, -0.2) is 0 Å². The Morgan fingerprint density at radius 2 is 2.24 bits per heavy atom. The van der Waals surface area contributed by atoms with E-state index >= 15 is 0 Å². The zero-order valence-electron chi connectivity index (χ0n) is 10.1. The molecular formula is C13H16ClNOS. The highest BCUT2D eigenvalue weighted by Crippen LogP contribution is 2.33. The van der Waals surface area contributed by atoms with Gasteiger partial charge in [-0.05, 0) is 32.0 Å². The first-order valence-corrected chi connectivity index (χ1v) is 7.02. The van der Waals surface area contributed by atoms with Gasteiger partial charge in [-0.1, -0.05) is 11.6 Å². The molecule has 1 aliphatic heterocycles. The molecule has 2 rings (SSSR count).